The van der Waals surface area contributed by atoms with Gasteiger partial charge in [0.1, 0.15) is 11.5 Å². The van der Waals surface area contributed by atoms with Crippen molar-refractivity contribution in [2.75, 3.05) is 5.32 Å². The minimum Gasteiger partial charge on any atom is -0.478 e. The van der Waals surface area contributed by atoms with Gasteiger partial charge in [0.15, 0.2) is 11.6 Å². The SMILES string of the molecule is Cc1cc(F)c(Br)cc1Nc1c(F)cc(C(=O)O)cc1F. The predicted octanol–water partition coefficient (Wildman–Crippen LogP) is 4.62. The lowest BCUT2D eigenvalue weighted by Crippen LogP contribution is -2.04. The van der Waals surface area contributed by atoms with Crippen LogP contribution in [0.3, 0.4) is 0 Å². The zero-order valence-electron chi connectivity index (χ0n) is 10.7. The maximum Gasteiger partial charge on any atom is 0.335 e. The van der Waals surface area contributed by atoms with E-state index in [0.29, 0.717) is 23.4 Å². The largest absolute Gasteiger partial charge is 0.478 e. The summed E-state index contributed by atoms with van der Waals surface area (Å²) in [6, 6.07) is 3.96. The van der Waals surface area contributed by atoms with Crippen LogP contribution in [-0.4, -0.2) is 11.1 Å². The molecule has 110 valence electrons. The van der Waals surface area contributed by atoms with Gasteiger partial charge in [-0.2, -0.15) is 0 Å². The van der Waals surface area contributed by atoms with Crippen molar-refractivity contribution in [3.63, 3.8) is 0 Å². The highest BCUT2D eigenvalue weighted by molar-refractivity contribution is 9.10. The lowest BCUT2D eigenvalue weighted by Gasteiger charge is -2.13. The maximum atomic E-state index is 13.8. The molecular weight excluding hydrogens is 351 g/mol. The monoisotopic (exact) mass is 359 g/mol. The normalized spacial score (nSPS) is 10.5. The summed E-state index contributed by atoms with van der Waals surface area (Å²) in [7, 11) is 0. The molecule has 0 saturated carbocycles. The number of aromatic carboxylic acids is 1. The van der Waals surface area contributed by atoms with Gasteiger partial charge in [-0.25, -0.2) is 18.0 Å². The van der Waals surface area contributed by atoms with Crippen molar-refractivity contribution in [2.24, 2.45) is 0 Å². The summed E-state index contributed by atoms with van der Waals surface area (Å²) >= 11 is 2.98. The summed E-state index contributed by atoms with van der Waals surface area (Å²) in [6.07, 6.45) is 0. The average molecular weight is 360 g/mol. The number of benzene rings is 2. The van der Waals surface area contributed by atoms with E-state index in [0.717, 1.165) is 0 Å². The highest BCUT2D eigenvalue weighted by Gasteiger charge is 2.16. The van der Waals surface area contributed by atoms with Gasteiger partial charge in [0.25, 0.3) is 0 Å². The molecule has 0 spiro atoms. The van der Waals surface area contributed by atoms with E-state index in [1.165, 1.54) is 12.1 Å². The number of carboxylic acids is 1. The first kappa shape index (κ1) is 15.4. The van der Waals surface area contributed by atoms with E-state index in [2.05, 4.69) is 21.2 Å². The first-order chi connectivity index (χ1) is 9.79. The van der Waals surface area contributed by atoms with Crippen molar-refractivity contribution >= 4 is 33.3 Å². The molecule has 2 aromatic carbocycles. The van der Waals surface area contributed by atoms with E-state index in [4.69, 9.17) is 5.11 Å². The van der Waals surface area contributed by atoms with Gasteiger partial charge in [-0.15, -0.1) is 0 Å². The third-order valence-electron chi connectivity index (χ3n) is 2.82. The van der Waals surface area contributed by atoms with Gasteiger partial charge in [-0.05, 0) is 52.7 Å². The number of aryl methyl sites for hydroxylation is 1. The summed E-state index contributed by atoms with van der Waals surface area (Å²) in [5.41, 5.74) is -0.255. The van der Waals surface area contributed by atoms with Crippen molar-refractivity contribution in [3.8, 4) is 0 Å². The molecule has 0 heterocycles. The number of hydrogen-bond donors (Lipinski definition) is 2. The highest BCUT2D eigenvalue weighted by atomic mass is 79.9. The van der Waals surface area contributed by atoms with Crippen LogP contribution in [0.5, 0.6) is 0 Å². The van der Waals surface area contributed by atoms with Crippen LogP contribution in [0.1, 0.15) is 15.9 Å². The van der Waals surface area contributed by atoms with Gasteiger partial charge >= 0.3 is 5.97 Å². The molecule has 0 amide bonds. The fraction of sp³-hybridized carbons (Fsp3) is 0.0714. The van der Waals surface area contributed by atoms with Crippen LogP contribution in [0.2, 0.25) is 0 Å². The number of rotatable bonds is 3. The molecule has 0 aliphatic rings. The molecule has 2 rings (SSSR count). The van der Waals surface area contributed by atoms with Crippen molar-refractivity contribution in [1.29, 1.82) is 0 Å². The molecule has 7 heteroatoms. The van der Waals surface area contributed by atoms with E-state index in [-0.39, 0.29) is 4.47 Å². The summed E-state index contributed by atoms with van der Waals surface area (Å²) in [4.78, 5) is 10.7. The third-order valence-corrected chi connectivity index (χ3v) is 3.42. The van der Waals surface area contributed by atoms with Crippen LogP contribution in [-0.2, 0) is 0 Å². The number of carbonyl (C=O) groups is 1. The second kappa shape index (κ2) is 5.77. The quantitative estimate of drug-likeness (QED) is 0.840. The molecule has 0 aromatic heterocycles. The summed E-state index contributed by atoms with van der Waals surface area (Å²) < 4.78 is 41.1. The van der Waals surface area contributed by atoms with E-state index < -0.39 is 34.7 Å². The van der Waals surface area contributed by atoms with Crippen LogP contribution in [0.15, 0.2) is 28.7 Å². The molecule has 0 radical (unpaired) electrons. The second-order valence-electron chi connectivity index (χ2n) is 4.33. The number of halogens is 4. The van der Waals surface area contributed by atoms with Crippen molar-refractivity contribution in [2.45, 2.75) is 6.92 Å². The average Bonchev–Trinajstić information content (AvgIpc) is 2.39. The molecule has 0 fully saturated rings. The molecule has 0 bridgehead atoms. The molecule has 0 aliphatic heterocycles. The highest BCUT2D eigenvalue weighted by Crippen LogP contribution is 2.30. The standard InChI is InChI=1S/C14H9BrF3NO2/c1-6-2-9(16)8(15)5-12(6)19-13-10(17)3-7(14(20)21)4-11(13)18/h2-5,19H,1H3,(H,20,21). The van der Waals surface area contributed by atoms with Crippen LogP contribution in [0, 0.1) is 24.4 Å². The first-order valence-corrected chi connectivity index (χ1v) is 6.54. The molecule has 0 saturated heterocycles. The molecule has 21 heavy (non-hydrogen) atoms. The Kier molecular flexibility index (Phi) is 4.22. The molecule has 0 atom stereocenters. The van der Waals surface area contributed by atoms with Crippen molar-refractivity contribution in [1.82, 2.24) is 0 Å². The van der Waals surface area contributed by atoms with Crippen LogP contribution >= 0.6 is 15.9 Å². The second-order valence-corrected chi connectivity index (χ2v) is 5.18. The minimum absolute atomic E-state index is 0.138. The number of anilines is 2. The molecule has 2 aromatic rings. The third kappa shape index (κ3) is 3.18. The lowest BCUT2D eigenvalue weighted by molar-refractivity contribution is 0.0696. The summed E-state index contributed by atoms with van der Waals surface area (Å²) in [6.45, 7) is 1.57. The lowest BCUT2D eigenvalue weighted by atomic mass is 10.1. The van der Waals surface area contributed by atoms with Gasteiger partial charge < -0.3 is 10.4 Å². The van der Waals surface area contributed by atoms with E-state index in [1.807, 2.05) is 0 Å². The topological polar surface area (TPSA) is 49.3 Å². The zero-order chi connectivity index (χ0) is 15.7. The Morgan fingerprint density at radius 2 is 1.67 bits per heavy atom. The van der Waals surface area contributed by atoms with Crippen LogP contribution in [0.4, 0.5) is 24.5 Å². The van der Waals surface area contributed by atoms with Crippen molar-refractivity contribution < 1.29 is 23.1 Å². The summed E-state index contributed by atoms with van der Waals surface area (Å²) in [5.74, 6) is -4.03. The van der Waals surface area contributed by atoms with Crippen LogP contribution < -0.4 is 5.32 Å². The molecule has 2 N–H and O–H groups in total. The van der Waals surface area contributed by atoms with Gasteiger partial charge in [0.2, 0.25) is 0 Å². The van der Waals surface area contributed by atoms with Gasteiger partial charge in [-0.1, -0.05) is 0 Å². The molecule has 0 aliphatic carbocycles. The fourth-order valence-electron chi connectivity index (χ4n) is 1.73. The number of carboxylic acid groups (broad SMARTS) is 1. The Balaban J connectivity index is 2.45. The van der Waals surface area contributed by atoms with E-state index >= 15 is 0 Å². The van der Waals surface area contributed by atoms with Crippen molar-refractivity contribution in [3.05, 3.63) is 57.3 Å². The van der Waals surface area contributed by atoms with Gasteiger partial charge in [0.05, 0.1) is 10.0 Å². The van der Waals surface area contributed by atoms with E-state index in [9.17, 15) is 18.0 Å². The van der Waals surface area contributed by atoms with Gasteiger partial charge in [-0.3, -0.25) is 0 Å². The number of hydrogen-bond acceptors (Lipinski definition) is 2. The fourth-order valence-corrected chi connectivity index (χ4v) is 2.08. The number of nitrogens with one attached hydrogen (secondary N) is 1. The van der Waals surface area contributed by atoms with Crippen LogP contribution in [0.25, 0.3) is 0 Å². The Hall–Kier alpha value is -2.02. The zero-order valence-corrected chi connectivity index (χ0v) is 12.3. The molecule has 3 nitrogen and oxygen atoms in total. The predicted molar refractivity (Wildman–Crippen MR) is 75.4 cm³/mol. The summed E-state index contributed by atoms with van der Waals surface area (Å²) in [5, 5.41) is 11.2. The molecule has 0 unspecified atom stereocenters. The Bertz CT molecular complexity index is 711. The Morgan fingerprint density at radius 1 is 1.10 bits per heavy atom. The minimum atomic E-state index is -1.43. The van der Waals surface area contributed by atoms with E-state index in [1.54, 1.807) is 6.92 Å². The molecular formula is C14H9BrF3NO2. The Labute approximate surface area is 126 Å². The Morgan fingerprint density at radius 3 is 2.19 bits per heavy atom. The maximum absolute atomic E-state index is 13.8. The smallest absolute Gasteiger partial charge is 0.335 e. The van der Waals surface area contributed by atoms with Gasteiger partial charge in [0, 0.05) is 5.69 Å². The first-order valence-electron chi connectivity index (χ1n) is 5.74.